The first-order chi connectivity index (χ1) is 14.8. The van der Waals surface area contributed by atoms with Crippen molar-refractivity contribution in [2.24, 2.45) is 0 Å². The number of benzene rings is 2. The van der Waals surface area contributed by atoms with E-state index in [0.717, 1.165) is 0 Å². The third-order valence-corrected chi connectivity index (χ3v) is 4.54. The standard InChI is InChI=1S/C20H17F5N2O4/c1-2-31-20(29)10-3-4-12(27-5-7-30-8-6-27)11(9-10)26-19(28)13-14(21)16(23)18(25)17(24)15(13)22/h3-4,9H,2,5-8H2,1H3,(H,26,28). The van der Waals surface area contributed by atoms with Crippen LogP contribution in [-0.4, -0.2) is 44.8 Å². The van der Waals surface area contributed by atoms with Crippen molar-refractivity contribution >= 4 is 23.3 Å². The predicted octanol–water partition coefficient (Wildman–Crippen LogP) is 3.65. The van der Waals surface area contributed by atoms with Crippen LogP contribution in [0.3, 0.4) is 0 Å². The van der Waals surface area contributed by atoms with Crippen LogP contribution >= 0.6 is 0 Å². The van der Waals surface area contributed by atoms with Gasteiger partial charge in [0.25, 0.3) is 5.91 Å². The van der Waals surface area contributed by atoms with E-state index in [0.29, 0.717) is 32.0 Å². The molecule has 1 heterocycles. The maximum atomic E-state index is 14.0. The van der Waals surface area contributed by atoms with Gasteiger partial charge in [-0.15, -0.1) is 0 Å². The number of nitrogens with one attached hydrogen (secondary N) is 1. The van der Waals surface area contributed by atoms with Gasteiger partial charge in [0.15, 0.2) is 23.3 Å². The minimum absolute atomic E-state index is 0.0200. The highest BCUT2D eigenvalue weighted by Gasteiger charge is 2.30. The van der Waals surface area contributed by atoms with Gasteiger partial charge in [0.1, 0.15) is 5.56 Å². The number of carbonyl (C=O) groups excluding carboxylic acids is 2. The summed E-state index contributed by atoms with van der Waals surface area (Å²) in [5, 5.41) is 2.15. The summed E-state index contributed by atoms with van der Waals surface area (Å²) in [6, 6.07) is 4.11. The Balaban J connectivity index is 2.03. The lowest BCUT2D eigenvalue weighted by atomic mass is 10.1. The Kier molecular flexibility index (Phi) is 6.74. The molecular formula is C20H17F5N2O4. The molecule has 31 heavy (non-hydrogen) atoms. The van der Waals surface area contributed by atoms with Crippen LogP contribution in [0.2, 0.25) is 0 Å². The highest BCUT2D eigenvalue weighted by atomic mass is 19.2. The van der Waals surface area contributed by atoms with Crippen LogP contribution in [-0.2, 0) is 9.47 Å². The van der Waals surface area contributed by atoms with E-state index in [1.807, 2.05) is 0 Å². The van der Waals surface area contributed by atoms with Crippen LogP contribution in [0.15, 0.2) is 18.2 Å². The van der Waals surface area contributed by atoms with Crippen molar-refractivity contribution in [2.45, 2.75) is 6.92 Å². The van der Waals surface area contributed by atoms with Crippen LogP contribution in [0.1, 0.15) is 27.6 Å². The SMILES string of the molecule is CCOC(=O)c1ccc(N2CCOCC2)c(NC(=O)c2c(F)c(F)c(F)c(F)c2F)c1. The highest BCUT2D eigenvalue weighted by molar-refractivity contribution is 6.07. The molecule has 0 aliphatic carbocycles. The Labute approximate surface area is 173 Å². The molecule has 2 aromatic carbocycles. The summed E-state index contributed by atoms with van der Waals surface area (Å²) in [6.07, 6.45) is 0. The first kappa shape index (κ1) is 22.5. The van der Waals surface area contributed by atoms with Gasteiger partial charge in [-0.3, -0.25) is 4.79 Å². The topological polar surface area (TPSA) is 67.9 Å². The van der Waals surface area contributed by atoms with Crippen molar-refractivity contribution in [3.8, 4) is 0 Å². The summed E-state index contributed by atoms with van der Waals surface area (Å²) in [5.74, 6) is -13.7. The van der Waals surface area contributed by atoms with Crippen LogP contribution in [0.4, 0.5) is 33.3 Å². The lowest BCUT2D eigenvalue weighted by Gasteiger charge is -2.30. The summed E-state index contributed by atoms with van der Waals surface area (Å²) >= 11 is 0. The number of anilines is 2. The van der Waals surface area contributed by atoms with Gasteiger partial charge in [-0.1, -0.05) is 0 Å². The zero-order valence-corrected chi connectivity index (χ0v) is 16.2. The van der Waals surface area contributed by atoms with Crippen molar-refractivity contribution in [3.63, 3.8) is 0 Å². The second kappa shape index (κ2) is 9.29. The van der Waals surface area contributed by atoms with E-state index in [1.54, 1.807) is 11.8 Å². The largest absolute Gasteiger partial charge is 0.462 e. The molecule has 0 unspecified atom stereocenters. The Morgan fingerprint density at radius 3 is 2.16 bits per heavy atom. The monoisotopic (exact) mass is 444 g/mol. The molecule has 166 valence electrons. The van der Waals surface area contributed by atoms with Gasteiger partial charge < -0.3 is 19.7 Å². The van der Waals surface area contributed by atoms with Crippen LogP contribution in [0.5, 0.6) is 0 Å². The third-order valence-electron chi connectivity index (χ3n) is 4.54. The number of esters is 1. The van der Waals surface area contributed by atoms with Crippen molar-refractivity contribution in [2.75, 3.05) is 43.1 Å². The van der Waals surface area contributed by atoms with E-state index < -0.39 is 46.5 Å². The Bertz CT molecular complexity index is 996. The van der Waals surface area contributed by atoms with E-state index in [1.165, 1.54) is 18.2 Å². The second-order valence-corrected chi connectivity index (χ2v) is 6.45. The van der Waals surface area contributed by atoms with Crippen LogP contribution < -0.4 is 10.2 Å². The molecule has 6 nitrogen and oxygen atoms in total. The zero-order valence-electron chi connectivity index (χ0n) is 16.2. The highest BCUT2D eigenvalue weighted by Crippen LogP contribution is 2.30. The molecule has 0 saturated carbocycles. The van der Waals surface area contributed by atoms with Crippen molar-refractivity contribution in [1.29, 1.82) is 0 Å². The molecule has 0 radical (unpaired) electrons. The fraction of sp³-hybridized carbons (Fsp3) is 0.300. The third kappa shape index (κ3) is 4.46. The Hall–Kier alpha value is -3.21. The molecular weight excluding hydrogens is 427 g/mol. The Morgan fingerprint density at radius 1 is 1.00 bits per heavy atom. The smallest absolute Gasteiger partial charge is 0.338 e. The molecule has 0 spiro atoms. The van der Waals surface area contributed by atoms with E-state index >= 15 is 0 Å². The summed E-state index contributed by atoms with van der Waals surface area (Å²) in [6.45, 7) is 3.21. The Morgan fingerprint density at radius 2 is 1.58 bits per heavy atom. The summed E-state index contributed by atoms with van der Waals surface area (Å²) in [4.78, 5) is 26.3. The van der Waals surface area contributed by atoms with Gasteiger partial charge >= 0.3 is 5.97 Å². The second-order valence-electron chi connectivity index (χ2n) is 6.45. The van der Waals surface area contributed by atoms with Gasteiger partial charge in [0.2, 0.25) is 5.82 Å². The number of hydrogen-bond acceptors (Lipinski definition) is 5. The molecule has 0 aromatic heterocycles. The molecule has 0 atom stereocenters. The number of halogens is 5. The molecule has 0 bridgehead atoms. The fourth-order valence-electron chi connectivity index (χ4n) is 3.05. The maximum Gasteiger partial charge on any atom is 0.338 e. The average molecular weight is 444 g/mol. The van der Waals surface area contributed by atoms with E-state index in [2.05, 4.69) is 5.32 Å². The number of hydrogen-bond donors (Lipinski definition) is 1. The van der Waals surface area contributed by atoms with E-state index in [4.69, 9.17) is 9.47 Å². The molecule has 1 saturated heterocycles. The molecule has 1 aliphatic heterocycles. The number of nitrogens with zero attached hydrogens (tertiary/aromatic N) is 1. The molecule has 1 amide bonds. The maximum absolute atomic E-state index is 14.0. The molecule has 2 aromatic rings. The van der Waals surface area contributed by atoms with Crippen molar-refractivity contribution in [1.82, 2.24) is 0 Å². The minimum atomic E-state index is -2.37. The first-order valence-corrected chi connectivity index (χ1v) is 9.22. The zero-order chi connectivity index (χ0) is 22.7. The molecule has 1 N–H and O–H groups in total. The molecule has 1 aliphatic rings. The van der Waals surface area contributed by atoms with Gasteiger partial charge in [-0.2, -0.15) is 0 Å². The first-order valence-electron chi connectivity index (χ1n) is 9.22. The average Bonchev–Trinajstić information content (AvgIpc) is 2.77. The van der Waals surface area contributed by atoms with Gasteiger partial charge in [-0.25, -0.2) is 26.7 Å². The predicted molar refractivity (Wildman–Crippen MR) is 99.6 cm³/mol. The molecule has 3 rings (SSSR count). The molecule has 11 heteroatoms. The van der Waals surface area contributed by atoms with Gasteiger partial charge in [0, 0.05) is 13.1 Å². The van der Waals surface area contributed by atoms with Crippen molar-refractivity contribution in [3.05, 3.63) is 58.4 Å². The number of morpholine rings is 1. The summed E-state index contributed by atoms with van der Waals surface area (Å²) < 4.78 is 78.5. The molecule has 1 fully saturated rings. The summed E-state index contributed by atoms with van der Waals surface area (Å²) in [5.41, 5.74) is -1.31. The lowest BCUT2D eigenvalue weighted by molar-refractivity contribution is 0.0526. The quantitative estimate of drug-likeness (QED) is 0.330. The van der Waals surface area contributed by atoms with Gasteiger partial charge in [0.05, 0.1) is 36.8 Å². The fourth-order valence-corrected chi connectivity index (χ4v) is 3.05. The van der Waals surface area contributed by atoms with Gasteiger partial charge in [-0.05, 0) is 25.1 Å². The van der Waals surface area contributed by atoms with E-state index in [-0.39, 0.29) is 17.9 Å². The summed E-state index contributed by atoms with van der Waals surface area (Å²) in [7, 11) is 0. The van der Waals surface area contributed by atoms with Crippen LogP contribution in [0.25, 0.3) is 0 Å². The normalized spacial score (nSPS) is 13.8. The van der Waals surface area contributed by atoms with E-state index in [9.17, 15) is 31.5 Å². The van der Waals surface area contributed by atoms with Crippen molar-refractivity contribution < 1.29 is 41.0 Å². The lowest BCUT2D eigenvalue weighted by Crippen LogP contribution is -2.37. The number of rotatable bonds is 5. The van der Waals surface area contributed by atoms with Crippen LogP contribution in [0, 0.1) is 29.1 Å². The number of carbonyl (C=O) groups is 2. The number of ether oxygens (including phenoxy) is 2. The number of amides is 1. The minimum Gasteiger partial charge on any atom is -0.462 e.